The smallest absolute Gasteiger partial charge is 0.258 e. The summed E-state index contributed by atoms with van der Waals surface area (Å²) in [4.78, 5) is 27.1. The highest BCUT2D eigenvalue weighted by molar-refractivity contribution is 6.30. The van der Waals surface area contributed by atoms with Crippen molar-refractivity contribution < 1.29 is 14.3 Å². The van der Waals surface area contributed by atoms with Crippen molar-refractivity contribution in [3.05, 3.63) is 94.0 Å². The maximum absolute atomic E-state index is 13.0. The number of methoxy groups -OCH3 is 1. The summed E-state index contributed by atoms with van der Waals surface area (Å²) in [6, 6.07) is 20.4. The second kappa shape index (κ2) is 9.23. The standard InChI is InChI=1S/C25H23ClN2O3/c1-31-22-10-3-17(4-11-22)15-24(29)27-16-18-2-5-19-12-13-28(23(19)14-18)25(30)20-6-8-21(26)9-7-20/h2-11,14H,12-13,15-16H2,1H3,(H,27,29). The van der Waals surface area contributed by atoms with Crippen LogP contribution in [0, 0.1) is 0 Å². The highest BCUT2D eigenvalue weighted by Gasteiger charge is 2.25. The molecule has 1 N–H and O–H groups in total. The molecule has 5 nitrogen and oxygen atoms in total. The number of nitrogens with one attached hydrogen (secondary N) is 1. The topological polar surface area (TPSA) is 58.6 Å². The van der Waals surface area contributed by atoms with Gasteiger partial charge in [-0.05, 0) is 65.6 Å². The van der Waals surface area contributed by atoms with Crippen LogP contribution in [0.15, 0.2) is 66.7 Å². The summed E-state index contributed by atoms with van der Waals surface area (Å²) in [6.45, 7) is 1.05. The Morgan fingerprint density at radius 3 is 2.42 bits per heavy atom. The third-order valence-corrected chi connectivity index (χ3v) is 5.65. The molecule has 0 spiro atoms. The van der Waals surface area contributed by atoms with Gasteiger partial charge in [-0.1, -0.05) is 35.9 Å². The van der Waals surface area contributed by atoms with Gasteiger partial charge in [-0.2, -0.15) is 0 Å². The van der Waals surface area contributed by atoms with E-state index in [1.165, 1.54) is 0 Å². The molecule has 3 aromatic carbocycles. The second-order valence-electron chi connectivity index (χ2n) is 7.48. The summed E-state index contributed by atoms with van der Waals surface area (Å²) in [7, 11) is 1.61. The predicted octanol–water partition coefficient (Wildman–Crippen LogP) is 4.41. The van der Waals surface area contributed by atoms with Crippen molar-refractivity contribution >= 4 is 29.1 Å². The molecule has 0 saturated carbocycles. The molecule has 1 aliphatic rings. The van der Waals surface area contributed by atoms with Crippen molar-refractivity contribution in [2.24, 2.45) is 0 Å². The predicted molar refractivity (Wildman–Crippen MR) is 122 cm³/mol. The minimum Gasteiger partial charge on any atom is -0.497 e. The third-order valence-electron chi connectivity index (χ3n) is 5.39. The van der Waals surface area contributed by atoms with Crippen molar-refractivity contribution in [2.45, 2.75) is 19.4 Å². The monoisotopic (exact) mass is 434 g/mol. The molecule has 3 aromatic rings. The van der Waals surface area contributed by atoms with Crippen LogP contribution >= 0.6 is 11.6 Å². The van der Waals surface area contributed by atoms with E-state index >= 15 is 0 Å². The zero-order valence-electron chi connectivity index (χ0n) is 17.2. The number of carbonyl (C=O) groups excluding carboxylic acids is 2. The minimum absolute atomic E-state index is 0.0453. The molecule has 0 radical (unpaired) electrons. The Bertz CT molecular complexity index is 1090. The Morgan fingerprint density at radius 2 is 1.71 bits per heavy atom. The lowest BCUT2D eigenvalue weighted by molar-refractivity contribution is -0.120. The lowest BCUT2D eigenvalue weighted by Crippen LogP contribution is -2.29. The Hall–Kier alpha value is -3.31. The van der Waals surface area contributed by atoms with E-state index in [1.54, 1.807) is 36.3 Å². The summed E-state index contributed by atoms with van der Waals surface area (Å²) in [6.07, 6.45) is 1.12. The van der Waals surface area contributed by atoms with Gasteiger partial charge in [0.05, 0.1) is 13.5 Å². The van der Waals surface area contributed by atoms with Crippen LogP contribution < -0.4 is 15.0 Å². The largest absolute Gasteiger partial charge is 0.497 e. The summed E-state index contributed by atoms with van der Waals surface area (Å²) < 4.78 is 5.14. The summed E-state index contributed by atoms with van der Waals surface area (Å²) in [5, 5.41) is 3.56. The van der Waals surface area contributed by atoms with Gasteiger partial charge in [0.15, 0.2) is 0 Å². The quantitative estimate of drug-likeness (QED) is 0.625. The molecular formula is C25H23ClN2O3. The molecule has 158 valence electrons. The average molecular weight is 435 g/mol. The fourth-order valence-electron chi connectivity index (χ4n) is 3.69. The molecule has 0 saturated heterocycles. The number of fused-ring (bicyclic) bond motifs is 1. The second-order valence-corrected chi connectivity index (χ2v) is 7.91. The van der Waals surface area contributed by atoms with E-state index in [4.69, 9.17) is 16.3 Å². The first-order valence-electron chi connectivity index (χ1n) is 10.1. The maximum Gasteiger partial charge on any atom is 0.258 e. The van der Waals surface area contributed by atoms with Crippen LogP contribution in [0.1, 0.15) is 27.0 Å². The lowest BCUT2D eigenvalue weighted by atomic mass is 10.1. The highest BCUT2D eigenvalue weighted by Crippen LogP contribution is 2.30. The average Bonchev–Trinajstić information content (AvgIpc) is 3.21. The van der Waals surface area contributed by atoms with Crippen molar-refractivity contribution in [3.63, 3.8) is 0 Å². The normalized spacial score (nSPS) is 12.4. The molecule has 1 heterocycles. The molecule has 0 unspecified atom stereocenters. The molecule has 0 aliphatic carbocycles. The number of carbonyl (C=O) groups is 2. The summed E-state index contributed by atoms with van der Waals surface area (Å²) >= 11 is 5.94. The first-order valence-corrected chi connectivity index (χ1v) is 10.5. The molecule has 4 rings (SSSR count). The van der Waals surface area contributed by atoms with Crippen LogP contribution in [0.4, 0.5) is 5.69 Å². The van der Waals surface area contributed by atoms with Crippen molar-refractivity contribution in [2.75, 3.05) is 18.6 Å². The van der Waals surface area contributed by atoms with Gasteiger partial charge >= 0.3 is 0 Å². The van der Waals surface area contributed by atoms with Crippen LogP contribution in [0.2, 0.25) is 5.02 Å². The van der Waals surface area contributed by atoms with E-state index in [0.717, 1.165) is 34.5 Å². The zero-order chi connectivity index (χ0) is 21.8. The highest BCUT2D eigenvalue weighted by atomic mass is 35.5. The number of anilines is 1. The van der Waals surface area contributed by atoms with Crippen LogP contribution in [0.5, 0.6) is 5.75 Å². The number of amides is 2. The molecule has 2 amide bonds. The van der Waals surface area contributed by atoms with Gasteiger partial charge in [0.1, 0.15) is 5.75 Å². The van der Waals surface area contributed by atoms with E-state index in [9.17, 15) is 9.59 Å². The maximum atomic E-state index is 13.0. The number of benzene rings is 3. The van der Waals surface area contributed by atoms with Crippen LogP contribution in [0.25, 0.3) is 0 Å². The van der Waals surface area contributed by atoms with E-state index in [2.05, 4.69) is 5.32 Å². The fraction of sp³-hybridized carbons (Fsp3) is 0.200. The van der Waals surface area contributed by atoms with Gasteiger partial charge in [0.25, 0.3) is 5.91 Å². The number of ether oxygens (including phenoxy) is 1. The Morgan fingerprint density at radius 1 is 1.00 bits per heavy atom. The van der Waals surface area contributed by atoms with Gasteiger partial charge in [0, 0.05) is 29.4 Å². The molecule has 0 atom stereocenters. The molecule has 0 fully saturated rings. The van der Waals surface area contributed by atoms with E-state index in [1.807, 2.05) is 42.5 Å². The van der Waals surface area contributed by atoms with Gasteiger partial charge < -0.3 is 15.0 Å². The minimum atomic E-state index is -0.0558. The van der Waals surface area contributed by atoms with Crippen LogP contribution in [0.3, 0.4) is 0 Å². The Kier molecular flexibility index (Phi) is 6.23. The van der Waals surface area contributed by atoms with Gasteiger partial charge in [-0.25, -0.2) is 0 Å². The lowest BCUT2D eigenvalue weighted by Gasteiger charge is -2.18. The molecule has 0 bridgehead atoms. The fourth-order valence-corrected chi connectivity index (χ4v) is 3.81. The molecule has 6 heteroatoms. The first-order chi connectivity index (χ1) is 15.0. The molecular weight excluding hydrogens is 412 g/mol. The molecule has 1 aliphatic heterocycles. The summed E-state index contributed by atoms with van der Waals surface area (Å²) in [5.41, 5.74) is 4.53. The molecule has 31 heavy (non-hydrogen) atoms. The SMILES string of the molecule is COc1ccc(CC(=O)NCc2ccc3c(c2)N(C(=O)c2ccc(Cl)cc2)CC3)cc1. The molecule has 0 aromatic heterocycles. The van der Waals surface area contributed by atoms with Gasteiger partial charge in [-0.15, -0.1) is 0 Å². The number of halogens is 1. The van der Waals surface area contributed by atoms with Gasteiger partial charge in [-0.3, -0.25) is 9.59 Å². The third kappa shape index (κ3) is 4.89. The number of rotatable bonds is 6. The first kappa shape index (κ1) is 20.9. The van der Waals surface area contributed by atoms with Crippen LogP contribution in [-0.2, 0) is 24.2 Å². The Labute approximate surface area is 186 Å². The zero-order valence-corrected chi connectivity index (χ0v) is 18.0. The van der Waals surface area contributed by atoms with Crippen molar-refractivity contribution in [1.29, 1.82) is 0 Å². The summed E-state index contributed by atoms with van der Waals surface area (Å²) in [5.74, 6) is 0.663. The van der Waals surface area contributed by atoms with E-state index < -0.39 is 0 Å². The van der Waals surface area contributed by atoms with E-state index in [-0.39, 0.29) is 11.8 Å². The van der Waals surface area contributed by atoms with Gasteiger partial charge in [0.2, 0.25) is 5.91 Å². The van der Waals surface area contributed by atoms with Crippen molar-refractivity contribution in [1.82, 2.24) is 5.32 Å². The number of hydrogen-bond donors (Lipinski definition) is 1. The Balaban J connectivity index is 1.40. The van der Waals surface area contributed by atoms with Crippen molar-refractivity contribution in [3.8, 4) is 5.75 Å². The number of hydrogen-bond acceptors (Lipinski definition) is 3. The van der Waals surface area contributed by atoms with Crippen LogP contribution in [-0.4, -0.2) is 25.5 Å². The van der Waals surface area contributed by atoms with E-state index in [0.29, 0.717) is 30.1 Å². The number of nitrogens with zero attached hydrogens (tertiary/aromatic N) is 1.